The molecule has 0 bridgehead atoms. The van der Waals surface area contributed by atoms with E-state index in [9.17, 15) is 0 Å². The highest BCUT2D eigenvalue weighted by molar-refractivity contribution is 5.84. The molecule has 2 aromatic rings. The lowest BCUT2D eigenvalue weighted by Crippen LogP contribution is -2.25. The SMILES string of the molecule is c1cc2[nH]cc(CCN3CCCC3)c2cc1OC1CCOCC1. The summed E-state index contributed by atoms with van der Waals surface area (Å²) in [6.45, 7) is 5.33. The van der Waals surface area contributed by atoms with E-state index in [0.29, 0.717) is 6.10 Å². The van der Waals surface area contributed by atoms with E-state index in [-0.39, 0.29) is 0 Å². The Bertz CT molecular complexity index is 640. The molecular weight excluding hydrogens is 288 g/mol. The van der Waals surface area contributed by atoms with Gasteiger partial charge >= 0.3 is 0 Å². The number of likely N-dealkylation sites (tertiary alicyclic amines) is 1. The zero-order valence-corrected chi connectivity index (χ0v) is 13.7. The van der Waals surface area contributed by atoms with Gasteiger partial charge in [-0.05, 0) is 56.1 Å². The molecule has 4 rings (SSSR count). The van der Waals surface area contributed by atoms with Crippen molar-refractivity contribution in [2.75, 3.05) is 32.8 Å². The number of rotatable bonds is 5. The molecule has 2 aliphatic rings. The number of benzene rings is 1. The van der Waals surface area contributed by atoms with E-state index in [0.717, 1.165) is 44.8 Å². The van der Waals surface area contributed by atoms with Gasteiger partial charge in [0.15, 0.2) is 0 Å². The number of hydrogen-bond acceptors (Lipinski definition) is 3. The van der Waals surface area contributed by atoms with Gasteiger partial charge in [-0.3, -0.25) is 0 Å². The molecule has 1 aromatic carbocycles. The van der Waals surface area contributed by atoms with Gasteiger partial charge < -0.3 is 19.4 Å². The predicted octanol–water partition coefficient (Wildman–Crippen LogP) is 3.36. The van der Waals surface area contributed by atoms with Gasteiger partial charge in [-0.1, -0.05) is 0 Å². The van der Waals surface area contributed by atoms with Crippen LogP contribution >= 0.6 is 0 Å². The van der Waals surface area contributed by atoms with Crippen LogP contribution in [-0.4, -0.2) is 48.8 Å². The van der Waals surface area contributed by atoms with Crippen molar-refractivity contribution in [3.05, 3.63) is 30.0 Å². The van der Waals surface area contributed by atoms with Crippen LogP contribution in [0, 0.1) is 0 Å². The molecule has 1 aromatic heterocycles. The molecule has 0 unspecified atom stereocenters. The first-order valence-corrected chi connectivity index (χ1v) is 8.95. The lowest BCUT2D eigenvalue weighted by molar-refractivity contribution is 0.0256. The third-order valence-corrected chi connectivity index (χ3v) is 5.11. The van der Waals surface area contributed by atoms with Gasteiger partial charge in [0.2, 0.25) is 0 Å². The van der Waals surface area contributed by atoms with Crippen LogP contribution in [0.1, 0.15) is 31.2 Å². The molecular formula is C19H26N2O2. The minimum atomic E-state index is 0.299. The molecule has 4 nitrogen and oxygen atoms in total. The first-order chi connectivity index (χ1) is 11.4. The number of fused-ring (bicyclic) bond motifs is 1. The average molecular weight is 314 g/mol. The van der Waals surface area contributed by atoms with Gasteiger partial charge in [-0.15, -0.1) is 0 Å². The minimum absolute atomic E-state index is 0.299. The summed E-state index contributed by atoms with van der Waals surface area (Å²) in [7, 11) is 0. The van der Waals surface area contributed by atoms with Crippen molar-refractivity contribution < 1.29 is 9.47 Å². The number of nitrogens with zero attached hydrogens (tertiary/aromatic N) is 1. The number of hydrogen-bond donors (Lipinski definition) is 1. The van der Waals surface area contributed by atoms with Crippen LogP contribution in [0.3, 0.4) is 0 Å². The monoisotopic (exact) mass is 314 g/mol. The zero-order chi connectivity index (χ0) is 15.5. The fourth-order valence-electron chi connectivity index (χ4n) is 3.71. The fourth-order valence-corrected chi connectivity index (χ4v) is 3.71. The Morgan fingerprint density at radius 3 is 2.83 bits per heavy atom. The van der Waals surface area contributed by atoms with Crippen molar-refractivity contribution in [3.63, 3.8) is 0 Å². The van der Waals surface area contributed by atoms with Gasteiger partial charge in [-0.25, -0.2) is 0 Å². The molecule has 0 spiro atoms. The van der Waals surface area contributed by atoms with Crippen molar-refractivity contribution >= 4 is 10.9 Å². The third kappa shape index (κ3) is 3.54. The highest BCUT2D eigenvalue weighted by atomic mass is 16.5. The Morgan fingerprint density at radius 2 is 2.00 bits per heavy atom. The van der Waals surface area contributed by atoms with Crippen molar-refractivity contribution in [3.8, 4) is 5.75 Å². The van der Waals surface area contributed by atoms with Crippen LogP contribution < -0.4 is 4.74 Å². The van der Waals surface area contributed by atoms with Crippen molar-refractivity contribution in [2.24, 2.45) is 0 Å². The van der Waals surface area contributed by atoms with Gasteiger partial charge in [0.25, 0.3) is 0 Å². The summed E-state index contributed by atoms with van der Waals surface area (Å²) in [5.74, 6) is 0.992. The smallest absolute Gasteiger partial charge is 0.120 e. The molecule has 0 aliphatic carbocycles. The Labute approximate surface area is 137 Å². The molecule has 2 fully saturated rings. The normalized spacial score (nSPS) is 20.3. The molecule has 2 aliphatic heterocycles. The van der Waals surface area contributed by atoms with Crippen LogP contribution in [0.15, 0.2) is 24.4 Å². The topological polar surface area (TPSA) is 37.5 Å². The van der Waals surface area contributed by atoms with Crippen LogP contribution in [0.25, 0.3) is 10.9 Å². The highest BCUT2D eigenvalue weighted by Gasteiger charge is 2.16. The quantitative estimate of drug-likeness (QED) is 0.919. The molecule has 0 radical (unpaired) electrons. The summed E-state index contributed by atoms with van der Waals surface area (Å²) in [5, 5.41) is 1.31. The summed E-state index contributed by atoms with van der Waals surface area (Å²) < 4.78 is 11.6. The fraction of sp³-hybridized carbons (Fsp3) is 0.579. The molecule has 0 atom stereocenters. The first-order valence-electron chi connectivity index (χ1n) is 8.95. The predicted molar refractivity (Wildman–Crippen MR) is 92.1 cm³/mol. The molecule has 0 saturated carbocycles. The van der Waals surface area contributed by atoms with Gasteiger partial charge in [-0.2, -0.15) is 0 Å². The third-order valence-electron chi connectivity index (χ3n) is 5.11. The van der Waals surface area contributed by atoms with E-state index >= 15 is 0 Å². The number of aromatic amines is 1. The van der Waals surface area contributed by atoms with E-state index in [2.05, 4.69) is 34.3 Å². The van der Waals surface area contributed by atoms with Crippen LogP contribution in [0.2, 0.25) is 0 Å². The van der Waals surface area contributed by atoms with Gasteiger partial charge in [0, 0.05) is 36.5 Å². The minimum Gasteiger partial charge on any atom is -0.490 e. The van der Waals surface area contributed by atoms with E-state index in [1.165, 1.54) is 42.4 Å². The van der Waals surface area contributed by atoms with E-state index in [1.54, 1.807) is 0 Å². The molecule has 23 heavy (non-hydrogen) atoms. The number of ether oxygens (including phenoxy) is 2. The second kappa shape index (κ2) is 6.93. The Morgan fingerprint density at radius 1 is 1.17 bits per heavy atom. The summed E-state index contributed by atoms with van der Waals surface area (Å²) in [4.78, 5) is 5.97. The Balaban J connectivity index is 1.46. The first kappa shape index (κ1) is 15.0. The summed E-state index contributed by atoms with van der Waals surface area (Å²) in [6.07, 6.45) is 8.28. The highest BCUT2D eigenvalue weighted by Crippen LogP contribution is 2.26. The average Bonchev–Trinajstić information content (AvgIpc) is 3.23. The van der Waals surface area contributed by atoms with Crippen molar-refractivity contribution in [1.29, 1.82) is 0 Å². The van der Waals surface area contributed by atoms with Crippen molar-refractivity contribution in [2.45, 2.75) is 38.2 Å². The van der Waals surface area contributed by atoms with Gasteiger partial charge in [0.1, 0.15) is 11.9 Å². The maximum absolute atomic E-state index is 6.16. The van der Waals surface area contributed by atoms with E-state index < -0.39 is 0 Å². The van der Waals surface area contributed by atoms with Crippen LogP contribution in [0.5, 0.6) is 5.75 Å². The lowest BCUT2D eigenvalue weighted by atomic mass is 10.1. The van der Waals surface area contributed by atoms with Crippen LogP contribution in [0.4, 0.5) is 0 Å². The maximum atomic E-state index is 6.16. The second-order valence-electron chi connectivity index (χ2n) is 6.75. The second-order valence-corrected chi connectivity index (χ2v) is 6.75. The molecule has 4 heteroatoms. The van der Waals surface area contributed by atoms with Gasteiger partial charge in [0.05, 0.1) is 13.2 Å². The largest absolute Gasteiger partial charge is 0.490 e. The lowest BCUT2D eigenvalue weighted by Gasteiger charge is -2.23. The molecule has 124 valence electrons. The van der Waals surface area contributed by atoms with E-state index in [4.69, 9.17) is 9.47 Å². The summed E-state index contributed by atoms with van der Waals surface area (Å²) >= 11 is 0. The Hall–Kier alpha value is -1.52. The summed E-state index contributed by atoms with van der Waals surface area (Å²) in [6, 6.07) is 6.43. The molecule has 1 N–H and O–H groups in total. The number of aromatic nitrogens is 1. The van der Waals surface area contributed by atoms with Crippen molar-refractivity contribution in [1.82, 2.24) is 9.88 Å². The summed E-state index contributed by atoms with van der Waals surface area (Å²) in [5.41, 5.74) is 2.62. The molecule has 2 saturated heterocycles. The Kier molecular flexibility index (Phi) is 4.53. The maximum Gasteiger partial charge on any atom is 0.120 e. The zero-order valence-electron chi connectivity index (χ0n) is 13.7. The van der Waals surface area contributed by atoms with Crippen LogP contribution in [-0.2, 0) is 11.2 Å². The molecule has 0 amide bonds. The molecule has 3 heterocycles. The standard InChI is InChI=1S/C19H26N2O2/c1-2-9-21(8-1)10-5-15-14-20-19-4-3-17(13-18(15)19)23-16-6-11-22-12-7-16/h3-4,13-14,16,20H,1-2,5-12H2. The van der Waals surface area contributed by atoms with E-state index in [1.807, 2.05) is 0 Å². The number of H-pyrrole nitrogens is 1. The number of nitrogens with one attached hydrogen (secondary N) is 1.